The van der Waals surface area contributed by atoms with Crippen LogP contribution in [0, 0.1) is 0 Å². The Morgan fingerprint density at radius 2 is 1.19 bits per heavy atom. The van der Waals surface area contributed by atoms with Crippen molar-refractivity contribution in [2.45, 2.75) is 0 Å². The van der Waals surface area contributed by atoms with Gasteiger partial charge in [0.15, 0.2) is 28.3 Å². The van der Waals surface area contributed by atoms with Gasteiger partial charge in [-0.25, -0.2) is 0 Å². The first-order valence-electron chi connectivity index (χ1n) is 9.28. The van der Waals surface area contributed by atoms with Crippen molar-refractivity contribution < 1.29 is 42.7 Å². The van der Waals surface area contributed by atoms with Crippen molar-refractivity contribution in [3.05, 3.63) is 22.4 Å². The van der Waals surface area contributed by atoms with E-state index in [1.165, 1.54) is 61.9 Å². The summed E-state index contributed by atoms with van der Waals surface area (Å²) in [6.45, 7) is 0. The first-order valence-corrected chi connectivity index (χ1v) is 9.28. The van der Waals surface area contributed by atoms with Gasteiger partial charge in [0.05, 0.1) is 55.3 Å². The second-order valence-electron chi connectivity index (χ2n) is 6.35. The minimum Gasteiger partial charge on any atom is -0.502 e. The molecule has 0 radical (unpaired) electrons. The minimum atomic E-state index is -0.450. The molecule has 0 unspecified atom stereocenters. The van der Waals surface area contributed by atoms with Gasteiger partial charge in [-0.05, 0) is 6.07 Å². The molecule has 0 aliphatic carbocycles. The third-order valence-electron chi connectivity index (χ3n) is 4.88. The van der Waals surface area contributed by atoms with Gasteiger partial charge in [0.25, 0.3) is 0 Å². The molecule has 172 valence electrons. The van der Waals surface area contributed by atoms with Gasteiger partial charge >= 0.3 is 0 Å². The highest BCUT2D eigenvalue weighted by Gasteiger charge is 2.29. The first kappa shape index (κ1) is 22.7. The summed E-state index contributed by atoms with van der Waals surface area (Å²) in [6, 6.07) is 2.76. The number of benzene rings is 2. The van der Waals surface area contributed by atoms with Gasteiger partial charge in [-0.2, -0.15) is 0 Å². The van der Waals surface area contributed by atoms with Crippen molar-refractivity contribution in [2.24, 2.45) is 0 Å². The number of phenols is 1. The van der Waals surface area contributed by atoms with Crippen LogP contribution in [0.3, 0.4) is 0 Å². The SMILES string of the molecule is COc1cc(-c2cc(=O)c3c(OC)c(OC)c(OC)c(OC)c3o2)c(OC)c(O)c1OC. The molecule has 0 atom stereocenters. The molecule has 0 aliphatic heterocycles. The molecule has 1 aromatic heterocycles. The molecule has 1 heterocycles. The van der Waals surface area contributed by atoms with E-state index in [-0.39, 0.29) is 68.3 Å². The van der Waals surface area contributed by atoms with Crippen LogP contribution in [0.15, 0.2) is 21.3 Å². The van der Waals surface area contributed by atoms with Crippen LogP contribution in [0.5, 0.6) is 46.0 Å². The Bertz CT molecular complexity index is 1210. The van der Waals surface area contributed by atoms with E-state index < -0.39 is 5.43 Å². The molecule has 0 spiro atoms. The zero-order valence-electron chi connectivity index (χ0n) is 18.8. The highest BCUT2D eigenvalue weighted by atomic mass is 16.5. The van der Waals surface area contributed by atoms with Crippen LogP contribution < -0.4 is 38.6 Å². The second-order valence-corrected chi connectivity index (χ2v) is 6.35. The smallest absolute Gasteiger partial charge is 0.211 e. The van der Waals surface area contributed by atoms with Crippen molar-refractivity contribution in [2.75, 3.05) is 49.8 Å². The van der Waals surface area contributed by atoms with Crippen LogP contribution in [0.1, 0.15) is 0 Å². The van der Waals surface area contributed by atoms with E-state index in [1.54, 1.807) is 0 Å². The molecule has 0 amide bonds. The quantitative estimate of drug-likeness (QED) is 0.551. The maximum absolute atomic E-state index is 13.2. The lowest BCUT2D eigenvalue weighted by Gasteiger charge is -2.19. The molecule has 0 saturated heterocycles. The van der Waals surface area contributed by atoms with Crippen LogP contribution in [0.4, 0.5) is 0 Å². The average molecular weight is 448 g/mol. The number of fused-ring (bicyclic) bond motifs is 1. The van der Waals surface area contributed by atoms with Crippen molar-refractivity contribution in [1.82, 2.24) is 0 Å². The Morgan fingerprint density at radius 3 is 1.69 bits per heavy atom. The summed E-state index contributed by atoms with van der Waals surface area (Å²) in [5, 5.41) is 10.7. The van der Waals surface area contributed by atoms with E-state index in [0.29, 0.717) is 0 Å². The van der Waals surface area contributed by atoms with E-state index in [4.69, 9.17) is 37.6 Å². The van der Waals surface area contributed by atoms with Gasteiger partial charge in [-0.3, -0.25) is 4.79 Å². The Kier molecular flexibility index (Phi) is 6.42. The van der Waals surface area contributed by atoms with Gasteiger partial charge < -0.3 is 42.7 Å². The van der Waals surface area contributed by atoms with E-state index in [0.717, 1.165) is 0 Å². The summed E-state index contributed by atoms with van der Waals surface area (Å²) in [4.78, 5) is 13.2. The Morgan fingerprint density at radius 1 is 0.656 bits per heavy atom. The number of methoxy groups -OCH3 is 7. The Labute approximate surface area is 183 Å². The lowest BCUT2D eigenvalue weighted by molar-refractivity contribution is 0.306. The van der Waals surface area contributed by atoms with Gasteiger partial charge in [0.2, 0.25) is 28.7 Å². The van der Waals surface area contributed by atoms with Crippen LogP contribution in [0.25, 0.3) is 22.3 Å². The zero-order chi connectivity index (χ0) is 23.6. The van der Waals surface area contributed by atoms with Crippen LogP contribution >= 0.6 is 0 Å². The van der Waals surface area contributed by atoms with E-state index in [2.05, 4.69) is 0 Å². The zero-order valence-corrected chi connectivity index (χ0v) is 18.8. The number of ether oxygens (including phenoxy) is 7. The van der Waals surface area contributed by atoms with Crippen LogP contribution in [-0.2, 0) is 0 Å². The van der Waals surface area contributed by atoms with Gasteiger partial charge in [-0.1, -0.05) is 0 Å². The molecular weight excluding hydrogens is 424 g/mol. The molecule has 0 aliphatic rings. The number of phenolic OH excluding ortho intramolecular Hbond substituents is 1. The van der Waals surface area contributed by atoms with Gasteiger partial charge in [0, 0.05) is 6.07 Å². The highest BCUT2D eigenvalue weighted by Crippen LogP contribution is 2.52. The lowest BCUT2D eigenvalue weighted by atomic mass is 10.1. The molecule has 10 heteroatoms. The Hall–Kier alpha value is -3.95. The summed E-state index contributed by atoms with van der Waals surface area (Å²) in [5.74, 6) is 0.679. The fourth-order valence-electron chi connectivity index (χ4n) is 3.52. The monoisotopic (exact) mass is 448 g/mol. The van der Waals surface area contributed by atoms with E-state index in [1.807, 2.05) is 0 Å². The molecule has 3 rings (SSSR count). The Balaban J connectivity index is 2.49. The predicted octanol–water partition coefficient (Wildman–Crippen LogP) is 3.23. The molecule has 0 fully saturated rings. The summed E-state index contributed by atoms with van der Waals surface area (Å²) in [7, 11) is 9.78. The van der Waals surface area contributed by atoms with E-state index in [9.17, 15) is 9.90 Å². The molecule has 2 aromatic carbocycles. The first-order chi connectivity index (χ1) is 15.4. The number of rotatable bonds is 8. The number of hydrogen-bond acceptors (Lipinski definition) is 10. The standard InChI is InChI=1S/C22H24O10/c1-25-13-8-10(16(26-2)15(24)17(13)27-3)12-9-11(23)14-18(28-4)20(29-5)22(31-7)21(30-6)19(14)32-12/h8-9,24H,1-7H3. The van der Waals surface area contributed by atoms with Crippen molar-refractivity contribution in [1.29, 1.82) is 0 Å². The lowest BCUT2D eigenvalue weighted by Crippen LogP contribution is -2.07. The number of hydrogen-bond donors (Lipinski definition) is 1. The summed E-state index contributed by atoms with van der Waals surface area (Å²) in [6.07, 6.45) is 0. The van der Waals surface area contributed by atoms with Crippen LogP contribution in [-0.4, -0.2) is 54.9 Å². The topological polar surface area (TPSA) is 115 Å². The van der Waals surface area contributed by atoms with Crippen molar-refractivity contribution in [3.63, 3.8) is 0 Å². The molecule has 0 bridgehead atoms. The molecule has 0 saturated carbocycles. The number of aromatic hydroxyl groups is 1. The highest BCUT2D eigenvalue weighted by molar-refractivity contribution is 5.96. The van der Waals surface area contributed by atoms with Crippen molar-refractivity contribution >= 4 is 11.0 Å². The summed E-state index contributed by atoms with van der Waals surface area (Å²) >= 11 is 0. The minimum absolute atomic E-state index is 0.0246. The van der Waals surface area contributed by atoms with E-state index >= 15 is 0 Å². The fourth-order valence-corrected chi connectivity index (χ4v) is 3.52. The second kappa shape index (κ2) is 9.04. The maximum atomic E-state index is 13.2. The summed E-state index contributed by atoms with van der Waals surface area (Å²) in [5.41, 5.74) is -0.146. The molecular formula is C22H24O10. The molecule has 10 nitrogen and oxygen atoms in total. The summed E-state index contributed by atoms with van der Waals surface area (Å²) < 4.78 is 43.7. The normalized spacial score (nSPS) is 10.6. The third kappa shape index (κ3) is 3.33. The third-order valence-corrected chi connectivity index (χ3v) is 4.88. The average Bonchev–Trinajstić information content (AvgIpc) is 2.81. The molecule has 32 heavy (non-hydrogen) atoms. The largest absolute Gasteiger partial charge is 0.502 e. The van der Waals surface area contributed by atoms with Gasteiger partial charge in [0.1, 0.15) is 11.1 Å². The van der Waals surface area contributed by atoms with Gasteiger partial charge in [-0.15, -0.1) is 0 Å². The molecule has 3 aromatic rings. The predicted molar refractivity (Wildman–Crippen MR) is 115 cm³/mol. The fraction of sp³-hybridized carbons (Fsp3) is 0.318. The van der Waals surface area contributed by atoms with Crippen LogP contribution in [0.2, 0.25) is 0 Å². The molecule has 1 N–H and O–H groups in total. The van der Waals surface area contributed by atoms with Crippen molar-refractivity contribution in [3.8, 4) is 57.3 Å². The maximum Gasteiger partial charge on any atom is 0.211 e.